The van der Waals surface area contributed by atoms with Crippen LogP contribution in [0, 0.1) is 0 Å². The molecular formula is C15H12N2O2. The summed E-state index contributed by atoms with van der Waals surface area (Å²) in [5.41, 5.74) is 3.03. The fourth-order valence-corrected chi connectivity index (χ4v) is 2.32. The molecule has 1 N–H and O–H groups in total. The zero-order chi connectivity index (χ0) is 13.4. The molecule has 94 valence electrons. The van der Waals surface area contributed by atoms with E-state index in [2.05, 4.69) is 4.98 Å². The van der Waals surface area contributed by atoms with Crippen LogP contribution in [-0.2, 0) is 7.05 Å². The number of nitrogens with zero attached hydrogens (tertiary/aromatic N) is 2. The molecule has 19 heavy (non-hydrogen) atoms. The monoisotopic (exact) mass is 252 g/mol. The van der Waals surface area contributed by atoms with E-state index in [0.29, 0.717) is 0 Å². The summed E-state index contributed by atoms with van der Waals surface area (Å²) in [5, 5.41) is 10.1. The Balaban J connectivity index is 2.28. The molecular weight excluding hydrogens is 240 g/mol. The molecule has 0 atom stereocenters. The number of benzene rings is 1. The van der Waals surface area contributed by atoms with Crippen LogP contribution in [0.1, 0.15) is 10.5 Å². The van der Waals surface area contributed by atoms with E-state index in [1.165, 1.54) is 0 Å². The van der Waals surface area contributed by atoms with Gasteiger partial charge in [0.1, 0.15) is 5.69 Å². The second kappa shape index (κ2) is 4.24. The van der Waals surface area contributed by atoms with Gasteiger partial charge in [0.05, 0.1) is 5.52 Å². The number of rotatable bonds is 2. The van der Waals surface area contributed by atoms with Crippen molar-refractivity contribution in [3.63, 3.8) is 0 Å². The lowest BCUT2D eigenvalue weighted by Gasteiger charge is -2.08. The molecule has 0 saturated carbocycles. The Bertz CT molecular complexity index is 769. The van der Waals surface area contributed by atoms with Crippen LogP contribution in [-0.4, -0.2) is 20.6 Å². The van der Waals surface area contributed by atoms with Gasteiger partial charge >= 0.3 is 5.97 Å². The smallest absolute Gasteiger partial charge is 0.352 e. The number of carboxylic acids is 1. The van der Waals surface area contributed by atoms with Crippen molar-refractivity contribution < 1.29 is 9.90 Å². The maximum absolute atomic E-state index is 11.1. The lowest BCUT2D eigenvalue weighted by molar-refractivity contribution is 0.0687. The van der Waals surface area contributed by atoms with Crippen molar-refractivity contribution >= 4 is 16.9 Å². The largest absolute Gasteiger partial charge is 0.477 e. The predicted octanol–water partition coefficient (Wildman–Crippen LogP) is 2.94. The van der Waals surface area contributed by atoms with E-state index in [9.17, 15) is 4.79 Å². The summed E-state index contributed by atoms with van der Waals surface area (Å²) in [6.07, 6.45) is 1.75. The first-order chi connectivity index (χ1) is 9.18. The number of carbonyl (C=O) groups is 1. The number of aromatic carboxylic acids is 1. The van der Waals surface area contributed by atoms with Gasteiger partial charge in [-0.3, -0.25) is 4.98 Å². The first kappa shape index (κ1) is 11.5. The molecule has 0 aliphatic heterocycles. The molecule has 1 aromatic carbocycles. The van der Waals surface area contributed by atoms with Gasteiger partial charge in [0.15, 0.2) is 0 Å². The number of fused-ring (bicyclic) bond motifs is 1. The van der Waals surface area contributed by atoms with E-state index >= 15 is 0 Å². The molecule has 0 radical (unpaired) electrons. The van der Waals surface area contributed by atoms with Crippen molar-refractivity contribution in [3.05, 3.63) is 54.4 Å². The number of carboxylic acid groups (broad SMARTS) is 1. The minimum absolute atomic E-state index is 0.274. The van der Waals surface area contributed by atoms with E-state index < -0.39 is 5.97 Å². The standard InChI is InChI=1S/C15H12N2O2/c1-17-13(7-8-14(17)15(18)19)11-4-2-6-12-10(11)5-3-9-16-12/h2-9H,1H3,(H,18,19). The third kappa shape index (κ3) is 1.78. The highest BCUT2D eigenvalue weighted by molar-refractivity contribution is 5.95. The summed E-state index contributed by atoms with van der Waals surface area (Å²) in [6.45, 7) is 0. The Morgan fingerprint density at radius 2 is 2.00 bits per heavy atom. The maximum atomic E-state index is 11.1. The van der Waals surface area contributed by atoms with Gasteiger partial charge in [-0.15, -0.1) is 0 Å². The molecule has 3 aromatic rings. The predicted molar refractivity (Wildman–Crippen MR) is 73.1 cm³/mol. The molecule has 0 amide bonds. The van der Waals surface area contributed by atoms with Gasteiger partial charge < -0.3 is 9.67 Å². The molecule has 0 bridgehead atoms. The highest BCUT2D eigenvalue weighted by atomic mass is 16.4. The molecule has 0 aliphatic rings. The number of aromatic nitrogens is 2. The van der Waals surface area contributed by atoms with Gasteiger partial charge in [-0.05, 0) is 24.3 Å². The van der Waals surface area contributed by atoms with Crippen molar-refractivity contribution in [1.82, 2.24) is 9.55 Å². The van der Waals surface area contributed by atoms with Crippen molar-refractivity contribution in [3.8, 4) is 11.3 Å². The van der Waals surface area contributed by atoms with Crippen LogP contribution in [0.15, 0.2) is 48.7 Å². The average molecular weight is 252 g/mol. The molecule has 3 rings (SSSR count). The fraction of sp³-hybridized carbons (Fsp3) is 0.0667. The molecule has 2 heterocycles. The molecule has 0 fully saturated rings. The van der Waals surface area contributed by atoms with Crippen molar-refractivity contribution in [2.75, 3.05) is 0 Å². The summed E-state index contributed by atoms with van der Waals surface area (Å²) in [6, 6.07) is 13.2. The van der Waals surface area contributed by atoms with Gasteiger partial charge in [-0.2, -0.15) is 0 Å². The maximum Gasteiger partial charge on any atom is 0.352 e. The first-order valence-corrected chi connectivity index (χ1v) is 5.91. The summed E-state index contributed by atoms with van der Waals surface area (Å²) in [4.78, 5) is 15.4. The number of hydrogen-bond donors (Lipinski definition) is 1. The quantitative estimate of drug-likeness (QED) is 0.763. The van der Waals surface area contributed by atoms with Gasteiger partial charge in [0, 0.05) is 29.9 Å². The van der Waals surface area contributed by atoms with Crippen molar-refractivity contribution in [2.24, 2.45) is 7.05 Å². The Morgan fingerprint density at radius 3 is 2.74 bits per heavy atom. The van der Waals surface area contributed by atoms with Crippen LogP contribution in [0.4, 0.5) is 0 Å². The summed E-state index contributed by atoms with van der Waals surface area (Å²) in [5.74, 6) is -0.924. The normalized spacial score (nSPS) is 10.8. The summed E-state index contributed by atoms with van der Waals surface area (Å²) < 4.78 is 1.68. The Morgan fingerprint density at radius 1 is 1.16 bits per heavy atom. The van der Waals surface area contributed by atoms with Crippen LogP contribution in [0.25, 0.3) is 22.2 Å². The molecule has 4 heteroatoms. The van der Waals surface area contributed by atoms with E-state index in [1.54, 1.807) is 23.9 Å². The van der Waals surface area contributed by atoms with Gasteiger partial charge in [-0.1, -0.05) is 18.2 Å². The highest BCUT2D eigenvalue weighted by Crippen LogP contribution is 2.28. The zero-order valence-corrected chi connectivity index (χ0v) is 10.4. The Labute approximate surface area is 109 Å². The molecule has 4 nitrogen and oxygen atoms in total. The minimum atomic E-state index is -0.924. The average Bonchev–Trinajstić information content (AvgIpc) is 2.80. The number of pyridine rings is 1. The van der Waals surface area contributed by atoms with E-state index in [-0.39, 0.29) is 5.69 Å². The summed E-state index contributed by atoms with van der Waals surface area (Å²) in [7, 11) is 1.76. The molecule has 0 unspecified atom stereocenters. The van der Waals surface area contributed by atoms with E-state index in [0.717, 1.165) is 22.2 Å². The lowest BCUT2D eigenvalue weighted by Crippen LogP contribution is -2.05. The Hall–Kier alpha value is -2.62. The topological polar surface area (TPSA) is 55.1 Å². The van der Waals surface area contributed by atoms with Crippen molar-refractivity contribution in [2.45, 2.75) is 0 Å². The van der Waals surface area contributed by atoms with Crippen molar-refractivity contribution in [1.29, 1.82) is 0 Å². The molecule has 0 spiro atoms. The molecule has 2 aromatic heterocycles. The van der Waals surface area contributed by atoms with Crippen LogP contribution >= 0.6 is 0 Å². The zero-order valence-electron chi connectivity index (χ0n) is 10.4. The van der Waals surface area contributed by atoms with Gasteiger partial charge in [0.25, 0.3) is 0 Å². The molecule has 0 aliphatic carbocycles. The Kier molecular flexibility index (Phi) is 2.56. The fourth-order valence-electron chi connectivity index (χ4n) is 2.32. The van der Waals surface area contributed by atoms with E-state index in [4.69, 9.17) is 5.11 Å². The highest BCUT2D eigenvalue weighted by Gasteiger charge is 2.13. The second-order valence-corrected chi connectivity index (χ2v) is 4.34. The number of hydrogen-bond acceptors (Lipinski definition) is 2. The third-order valence-electron chi connectivity index (χ3n) is 3.26. The van der Waals surface area contributed by atoms with Crippen LogP contribution in [0.5, 0.6) is 0 Å². The van der Waals surface area contributed by atoms with Crippen LogP contribution < -0.4 is 0 Å². The van der Waals surface area contributed by atoms with Gasteiger partial charge in [0.2, 0.25) is 0 Å². The lowest BCUT2D eigenvalue weighted by atomic mass is 10.1. The first-order valence-electron chi connectivity index (χ1n) is 5.91. The minimum Gasteiger partial charge on any atom is -0.477 e. The summed E-state index contributed by atoms with van der Waals surface area (Å²) >= 11 is 0. The third-order valence-corrected chi connectivity index (χ3v) is 3.26. The van der Waals surface area contributed by atoms with Crippen LogP contribution in [0.3, 0.4) is 0 Å². The SMILES string of the molecule is Cn1c(C(=O)O)ccc1-c1cccc2ncccc12. The van der Waals surface area contributed by atoms with Crippen LogP contribution in [0.2, 0.25) is 0 Å². The van der Waals surface area contributed by atoms with Gasteiger partial charge in [-0.25, -0.2) is 4.79 Å². The molecule has 0 saturated heterocycles. The van der Waals surface area contributed by atoms with E-state index in [1.807, 2.05) is 36.4 Å². The second-order valence-electron chi connectivity index (χ2n) is 4.34.